The molecule has 1 saturated heterocycles. The smallest absolute Gasteiger partial charge is 0.338 e. The fourth-order valence-corrected chi connectivity index (χ4v) is 5.53. The Hall–Kier alpha value is -4.07. The average molecular weight is 472 g/mol. The summed E-state index contributed by atoms with van der Waals surface area (Å²) in [6.07, 6.45) is 2.95. The van der Waals surface area contributed by atoms with Gasteiger partial charge in [0.2, 0.25) is 11.8 Å². The number of hydrogen-bond acceptors (Lipinski definition) is 6. The molecule has 0 unspecified atom stereocenters. The van der Waals surface area contributed by atoms with Crippen molar-refractivity contribution < 1.29 is 28.7 Å². The van der Waals surface area contributed by atoms with Crippen molar-refractivity contribution in [2.24, 2.45) is 23.7 Å². The van der Waals surface area contributed by atoms with E-state index >= 15 is 0 Å². The number of fused-ring (bicyclic) bond motifs is 5. The van der Waals surface area contributed by atoms with Crippen LogP contribution in [0.15, 0.2) is 60.2 Å². The van der Waals surface area contributed by atoms with Crippen LogP contribution in [0.1, 0.15) is 41.0 Å². The lowest BCUT2D eigenvalue weighted by atomic mass is 9.82. The second-order valence-electron chi connectivity index (χ2n) is 9.29. The van der Waals surface area contributed by atoms with E-state index in [1.165, 1.54) is 35.6 Å². The summed E-state index contributed by atoms with van der Waals surface area (Å²) in [5.74, 6) is -2.38. The van der Waals surface area contributed by atoms with Gasteiger partial charge in [0.1, 0.15) is 0 Å². The van der Waals surface area contributed by atoms with E-state index in [1.807, 2.05) is 6.92 Å². The zero-order chi connectivity index (χ0) is 24.9. The van der Waals surface area contributed by atoms with Crippen molar-refractivity contribution in [2.75, 3.05) is 16.8 Å². The highest BCUT2D eigenvalue weighted by Crippen LogP contribution is 2.55. The van der Waals surface area contributed by atoms with Crippen molar-refractivity contribution in [2.45, 2.75) is 20.3 Å². The summed E-state index contributed by atoms with van der Waals surface area (Å²) >= 11 is 0. The molecule has 1 heterocycles. The Kier molecular flexibility index (Phi) is 5.59. The van der Waals surface area contributed by atoms with Crippen molar-refractivity contribution in [1.29, 1.82) is 0 Å². The first-order valence-electron chi connectivity index (χ1n) is 11.5. The van der Waals surface area contributed by atoms with E-state index in [0.717, 1.165) is 6.42 Å². The molecule has 5 rings (SSSR count). The summed E-state index contributed by atoms with van der Waals surface area (Å²) < 4.78 is 5.13. The van der Waals surface area contributed by atoms with Crippen LogP contribution in [-0.2, 0) is 19.1 Å². The number of rotatable bonds is 6. The number of amides is 3. The van der Waals surface area contributed by atoms with Crippen molar-refractivity contribution in [3.05, 3.63) is 71.3 Å². The zero-order valence-electron chi connectivity index (χ0n) is 19.3. The predicted molar refractivity (Wildman–Crippen MR) is 127 cm³/mol. The molecule has 2 bridgehead atoms. The van der Waals surface area contributed by atoms with Gasteiger partial charge in [-0.25, -0.2) is 9.69 Å². The average Bonchev–Trinajstić information content (AvgIpc) is 3.47. The molecule has 3 aliphatic rings. The quantitative estimate of drug-likeness (QED) is 0.299. The van der Waals surface area contributed by atoms with Gasteiger partial charge in [-0.05, 0) is 62.4 Å². The number of hydrogen-bond donors (Lipinski definition) is 1. The van der Waals surface area contributed by atoms with Gasteiger partial charge in [-0.1, -0.05) is 29.8 Å². The van der Waals surface area contributed by atoms with Gasteiger partial charge in [-0.2, -0.15) is 0 Å². The van der Waals surface area contributed by atoms with Crippen LogP contribution in [0.3, 0.4) is 0 Å². The van der Waals surface area contributed by atoms with Crippen LogP contribution in [0.4, 0.5) is 11.4 Å². The molecule has 2 fully saturated rings. The molecule has 8 nitrogen and oxygen atoms in total. The highest BCUT2D eigenvalue weighted by Gasteiger charge is 2.60. The van der Waals surface area contributed by atoms with Crippen LogP contribution in [0.2, 0.25) is 0 Å². The number of ketones is 1. The fourth-order valence-electron chi connectivity index (χ4n) is 5.53. The highest BCUT2D eigenvalue weighted by molar-refractivity contribution is 6.23. The Morgan fingerprint density at radius 1 is 1.00 bits per heavy atom. The van der Waals surface area contributed by atoms with Gasteiger partial charge in [-0.3, -0.25) is 19.2 Å². The second kappa shape index (κ2) is 8.61. The Labute approximate surface area is 201 Å². The Morgan fingerprint density at radius 3 is 2.49 bits per heavy atom. The summed E-state index contributed by atoms with van der Waals surface area (Å²) in [4.78, 5) is 63.8. The summed E-state index contributed by atoms with van der Waals surface area (Å²) in [6.45, 7) is 2.90. The van der Waals surface area contributed by atoms with Gasteiger partial charge in [0, 0.05) is 11.3 Å². The normalized spacial score (nSPS) is 24.3. The zero-order valence-corrected chi connectivity index (χ0v) is 19.3. The molecule has 0 radical (unpaired) electrons. The largest absolute Gasteiger partial charge is 0.452 e. The second-order valence-corrected chi connectivity index (χ2v) is 9.29. The molecule has 2 aromatic rings. The number of ether oxygens (including phenoxy) is 1. The van der Waals surface area contributed by atoms with Gasteiger partial charge < -0.3 is 10.1 Å². The lowest BCUT2D eigenvalue weighted by Gasteiger charge is -2.19. The van der Waals surface area contributed by atoms with Gasteiger partial charge in [-0.15, -0.1) is 0 Å². The van der Waals surface area contributed by atoms with Crippen LogP contribution in [0.25, 0.3) is 0 Å². The van der Waals surface area contributed by atoms with Crippen LogP contribution in [-0.4, -0.2) is 36.1 Å². The van der Waals surface area contributed by atoms with Gasteiger partial charge in [0.25, 0.3) is 5.91 Å². The number of imide groups is 1. The summed E-state index contributed by atoms with van der Waals surface area (Å²) in [5.41, 5.74) is 2.49. The molecule has 0 spiro atoms. The Morgan fingerprint density at radius 2 is 1.71 bits per heavy atom. The molecule has 1 N–H and O–H groups in total. The minimum Gasteiger partial charge on any atom is -0.452 e. The lowest BCUT2D eigenvalue weighted by Crippen LogP contribution is -2.33. The standard InChI is InChI=1S/C27H24N2O6/c1-14-9-18-12-21(14)24-23(18)25(32)29(26(24)33)20-8-4-6-17(11-20)27(34)35-13-22(31)28-19-7-3-5-16(10-19)15(2)30/h3-11,18,21,23-24H,12-13H2,1-2H3,(H,28,31)/t18-,21+,23+,24+/m0/s1. The van der Waals surface area contributed by atoms with Gasteiger partial charge in [0.15, 0.2) is 12.4 Å². The van der Waals surface area contributed by atoms with E-state index in [4.69, 9.17) is 4.74 Å². The highest BCUT2D eigenvalue weighted by atomic mass is 16.5. The van der Waals surface area contributed by atoms with E-state index in [0.29, 0.717) is 16.9 Å². The molecule has 2 aliphatic carbocycles. The maximum Gasteiger partial charge on any atom is 0.338 e. The Bertz CT molecular complexity index is 1310. The van der Waals surface area contributed by atoms with E-state index in [1.54, 1.807) is 30.3 Å². The van der Waals surface area contributed by atoms with Crippen LogP contribution in [0.5, 0.6) is 0 Å². The van der Waals surface area contributed by atoms with Crippen molar-refractivity contribution >= 4 is 40.8 Å². The number of nitrogens with zero attached hydrogens (tertiary/aromatic N) is 1. The molecule has 3 amide bonds. The fraction of sp³-hybridized carbons (Fsp3) is 0.296. The maximum absolute atomic E-state index is 13.2. The summed E-state index contributed by atoms with van der Waals surface area (Å²) in [7, 11) is 0. The number of Topliss-reactive ketones (excluding diaryl/α,β-unsaturated/α-hetero) is 1. The van der Waals surface area contributed by atoms with E-state index < -0.39 is 18.5 Å². The third kappa shape index (κ3) is 3.95. The summed E-state index contributed by atoms with van der Waals surface area (Å²) in [5, 5.41) is 2.58. The third-order valence-corrected chi connectivity index (χ3v) is 7.11. The molecular formula is C27H24N2O6. The topological polar surface area (TPSA) is 110 Å². The Balaban J connectivity index is 1.24. The minimum atomic E-state index is -0.753. The molecule has 4 atom stereocenters. The van der Waals surface area contributed by atoms with Gasteiger partial charge in [0.05, 0.1) is 23.1 Å². The van der Waals surface area contributed by atoms with Crippen molar-refractivity contribution in [3.8, 4) is 0 Å². The number of anilines is 2. The third-order valence-electron chi connectivity index (χ3n) is 7.11. The monoisotopic (exact) mass is 472 g/mol. The summed E-state index contributed by atoms with van der Waals surface area (Å²) in [6, 6.07) is 12.6. The van der Waals surface area contributed by atoms with Crippen molar-refractivity contribution in [3.63, 3.8) is 0 Å². The number of esters is 1. The predicted octanol–water partition coefficient (Wildman–Crippen LogP) is 3.39. The molecule has 35 heavy (non-hydrogen) atoms. The molecule has 2 aromatic carbocycles. The minimum absolute atomic E-state index is 0.0919. The van der Waals surface area contributed by atoms with Crippen LogP contribution in [0, 0.1) is 23.7 Å². The molecule has 1 aliphatic heterocycles. The first kappa shape index (κ1) is 22.7. The first-order chi connectivity index (χ1) is 16.7. The van der Waals surface area contributed by atoms with Gasteiger partial charge >= 0.3 is 5.97 Å². The molecular weight excluding hydrogens is 448 g/mol. The molecule has 178 valence electrons. The van der Waals surface area contributed by atoms with Crippen LogP contribution >= 0.6 is 0 Å². The van der Waals surface area contributed by atoms with Crippen LogP contribution < -0.4 is 10.2 Å². The number of benzene rings is 2. The van der Waals surface area contributed by atoms with E-state index in [-0.39, 0.29) is 46.8 Å². The number of nitrogens with one attached hydrogen (secondary N) is 1. The number of carbonyl (C=O) groups is 5. The van der Waals surface area contributed by atoms with E-state index in [9.17, 15) is 24.0 Å². The lowest BCUT2D eigenvalue weighted by molar-refractivity contribution is -0.123. The SMILES string of the molecule is CC(=O)c1cccc(NC(=O)COC(=O)c2cccc(N3C(=O)[C@H]4[C@H](C3=O)[C@H]3C=C(C)[C@H]4C3)c2)c1. The maximum atomic E-state index is 13.2. The van der Waals surface area contributed by atoms with E-state index in [2.05, 4.69) is 11.4 Å². The first-order valence-corrected chi connectivity index (χ1v) is 11.5. The molecule has 8 heteroatoms. The number of allylic oxidation sites excluding steroid dienone is 2. The molecule has 0 aromatic heterocycles. The number of carbonyl (C=O) groups excluding carboxylic acids is 5. The molecule has 1 saturated carbocycles. The van der Waals surface area contributed by atoms with Crippen molar-refractivity contribution in [1.82, 2.24) is 0 Å².